The SMILES string of the molecule is O=C(c1ccc(OCc2cccnc2)cc1)N1CCN(c2ccc(C(F)(F)F)cc2[N+](=O)[O-])CC1. The summed E-state index contributed by atoms with van der Waals surface area (Å²) in [5.74, 6) is 0.398. The van der Waals surface area contributed by atoms with Crippen molar-refractivity contribution in [1.29, 1.82) is 0 Å². The molecule has 1 fully saturated rings. The van der Waals surface area contributed by atoms with Gasteiger partial charge in [0.15, 0.2) is 0 Å². The highest BCUT2D eigenvalue weighted by Gasteiger charge is 2.34. The molecule has 1 aliphatic heterocycles. The van der Waals surface area contributed by atoms with Crippen LogP contribution in [0.2, 0.25) is 0 Å². The maximum atomic E-state index is 13.0. The van der Waals surface area contributed by atoms with Gasteiger partial charge < -0.3 is 14.5 Å². The Morgan fingerprint density at radius 2 is 1.77 bits per heavy atom. The van der Waals surface area contributed by atoms with E-state index in [0.29, 0.717) is 24.0 Å². The molecule has 2 heterocycles. The molecule has 0 unspecified atom stereocenters. The normalized spacial score (nSPS) is 14.0. The summed E-state index contributed by atoms with van der Waals surface area (Å²) in [5.41, 5.74) is -0.201. The molecule has 8 nitrogen and oxygen atoms in total. The van der Waals surface area contributed by atoms with Crippen molar-refractivity contribution in [2.75, 3.05) is 31.1 Å². The van der Waals surface area contributed by atoms with Crippen LogP contribution in [0.3, 0.4) is 0 Å². The van der Waals surface area contributed by atoms with Gasteiger partial charge in [0.25, 0.3) is 11.6 Å². The molecule has 1 aromatic heterocycles. The van der Waals surface area contributed by atoms with Crippen molar-refractivity contribution in [1.82, 2.24) is 9.88 Å². The molecular formula is C24H21F3N4O4. The van der Waals surface area contributed by atoms with E-state index in [1.807, 2.05) is 12.1 Å². The summed E-state index contributed by atoms with van der Waals surface area (Å²) in [6.45, 7) is 1.40. The molecular weight excluding hydrogens is 465 g/mol. The predicted molar refractivity (Wildman–Crippen MR) is 121 cm³/mol. The first kappa shape index (κ1) is 24.0. The molecule has 1 saturated heterocycles. The Kier molecular flexibility index (Phi) is 6.85. The molecule has 0 N–H and O–H groups in total. The fourth-order valence-electron chi connectivity index (χ4n) is 3.79. The van der Waals surface area contributed by atoms with Crippen LogP contribution < -0.4 is 9.64 Å². The number of carbonyl (C=O) groups excluding carboxylic acids is 1. The molecule has 1 aliphatic rings. The Bertz CT molecular complexity index is 1200. The number of pyridine rings is 1. The van der Waals surface area contributed by atoms with Crippen LogP contribution in [0.4, 0.5) is 24.5 Å². The zero-order valence-corrected chi connectivity index (χ0v) is 18.4. The van der Waals surface area contributed by atoms with Gasteiger partial charge in [-0.1, -0.05) is 6.07 Å². The summed E-state index contributed by atoms with van der Waals surface area (Å²) in [5, 5.41) is 11.4. The first-order valence-electron chi connectivity index (χ1n) is 10.7. The molecule has 0 atom stereocenters. The molecule has 1 amide bonds. The summed E-state index contributed by atoms with van der Waals surface area (Å²) < 4.78 is 44.6. The third-order valence-electron chi connectivity index (χ3n) is 5.64. The molecule has 0 spiro atoms. The minimum atomic E-state index is -4.67. The standard InChI is InChI=1S/C24H21F3N4O4/c25-24(26,27)19-5-8-21(22(14-19)31(33)34)29-10-12-30(13-11-29)23(32)18-3-6-20(7-4-18)35-16-17-2-1-9-28-15-17/h1-9,14-15H,10-13,16H2. The van der Waals surface area contributed by atoms with E-state index < -0.39 is 22.4 Å². The molecule has 182 valence electrons. The second-order valence-corrected chi connectivity index (χ2v) is 7.91. The minimum Gasteiger partial charge on any atom is -0.489 e. The lowest BCUT2D eigenvalue weighted by Gasteiger charge is -2.36. The van der Waals surface area contributed by atoms with E-state index in [4.69, 9.17) is 4.74 Å². The number of piperazine rings is 1. The number of alkyl halides is 3. The molecule has 0 aliphatic carbocycles. The fourth-order valence-corrected chi connectivity index (χ4v) is 3.79. The van der Waals surface area contributed by atoms with Gasteiger partial charge in [-0.25, -0.2) is 0 Å². The Balaban J connectivity index is 1.37. The molecule has 11 heteroatoms. The van der Waals surface area contributed by atoms with E-state index in [9.17, 15) is 28.1 Å². The predicted octanol–water partition coefficient (Wildman–Crippen LogP) is 4.55. The van der Waals surface area contributed by atoms with Gasteiger partial charge in [0.2, 0.25) is 0 Å². The van der Waals surface area contributed by atoms with Crippen LogP contribution in [0.25, 0.3) is 0 Å². The number of nitro benzene ring substituents is 1. The maximum absolute atomic E-state index is 13.0. The first-order valence-corrected chi connectivity index (χ1v) is 10.7. The molecule has 0 saturated carbocycles. The lowest BCUT2D eigenvalue weighted by Crippen LogP contribution is -2.49. The quantitative estimate of drug-likeness (QED) is 0.375. The maximum Gasteiger partial charge on any atom is 0.416 e. The number of hydrogen-bond donors (Lipinski definition) is 0. The van der Waals surface area contributed by atoms with Gasteiger partial charge in [0.05, 0.1) is 10.5 Å². The zero-order chi connectivity index (χ0) is 25.0. The highest BCUT2D eigenvalue weighted by Crippen LogP contribution is 2.36. The van der Waals surface area contributed by atoms with Gasteiger partial charge in [-0.3, -0.25) is 19.9 Å². The zero-order valence-electron chi connectivity index (χ0n) is 18.4. The Morgan fingerprint density at radius 3 is 2.37 bits per heavy atom. The number of carbonyl (C=O) groups is 1. The number of nitro groups is 1. The van der Waals surface area contributed by atoms with Crippen LogP contribution in [-0.2, 0) is 12.8 Å². The van der Waals surface area contributed by atoms with Crippen LogP contribution in [-0.4, -0.2) is 46.9 Å². The minimum absolute atomic E-state index is 0.102. The van der Waals surface area contributed by atoms with Crippen LogP contribution in [0.15, 0.2) is 67.0 Å². The number of hydrogen-bond acceptors (Lipinski definition) is 6. The topological polar surface area (TPSA) is 88.8 Å². The fraction of sp³-hybridized carbons (Fsp3) is 0.250. The molecule has 0 bridgehead atoms. The highest BCUT2D eigenvalue weighted by atomic mass is 19.4. The lowest BCUT2D eigenvalue weighted by molar-refractivity contribution is -0.384. The van der Waals surface area contributed by atoms with Crippen molar-refractivity contribution in [3.63, 3.8) is 0 Å². The molecule has 4 rings (SSSR count). The summed E-state index contributed by atoms with van der Waals surface area (Å²) >= 11 is 0. The van der Waals surface area contributed by atoms with E-state index in [1.54, 1.807) is 46.5 Å². The number of amides is 1. The van der Waals surface area contributed by atoms with Crippen LogP contribution in [0.1, 0.15) is 21.5 Å². The lowest BCUT2D eigenvalue weighted by atomic mass is 10.1. The van der Waals surface area contributed by atoms with Gasteiger partial charge in [-0.15, -0.1) is 0 Å². The van der Waals surface area contributed by atoms with Crippen molar-refractivity contribution < 1.29 is 27.6 Å². The highest BCUT2D eigenvalue weighted by molar-refractivity contribution is 5.94. The number of ether oxygens (including phenoxy) is 1. The Hall–Kier alpha value is -4.15. The number of anilines is 1. The second kappa shape index (κ2) is 10.00. The summed E-state index contributed by atoms with van der Waals surface area (Å²) in [6, 6.07) is 12.9. The van der Waals surface area contributed by atoms with E-state index in [0.717, 1.165) is 17.7 Å². The number of rotatable bonds is 6. The average molecular weight is 486 g/mol. The Labute approximate surface area is 198 Å². The van der Waals surface area contributed by atoms with Gasteiger partial charge in [-0.2, -0.15) is 13.2 Å². The summed E-state index contributed by atoms with van der Waals surface area (Å²) in [6.07, 6.45) is -1.29. The number of aromatic nitrogens is 1. The van der Waals surface area contributed by atoms with Crippen LogP contribution >= 0.6 is 0 Å². The van der Waals surface area contributed by atoms with Crippen molar-refractivity contribution in [3.8, 4) is 5.75 Å². The largest absolute Gasteiger partial charge is 0.489 e. The van der Waals surface area contributed by atoms with E-state index in [2.05, 4.69) is 4.98 Å². The number of nitrogens with zero attached hydrogens (tertiary/aromatic N) is 4. The smallest absolute Gasteiger partial charge is 0.416 e. The average Bonchev–Trinajstić information content (AvgIpc) is 2.87. The molecule has 0 radical (unpaired) electrons. The summed E-state index contributed by atoms with van der Waals surface area (Å²) in [7, 11) is 0. The van der Waals surface area contributed by atoms with E-state index in [-0.39, 0.29) is 37.8 Å². The van der Waals surface area contributed by atoms with Crippen molar-refractivity contribution >= 4 is 17.3 Å². The van der Waals surface area contributed by atoms with Crippen molar-refractivity contribution in [2.24, 2.45) is 0 Å². The number of benzene rings is 2. The van der Waals surface area contributed by atoms with Crippen LogP contribution in [0.5, 0.6) is 5.75 Å². The van der Waals surface area contributed by atoms with Crippen molar-refractivity contribution in [3.05, 3.63) is 93.8 Å². The van der Waals surface area contributed by atoms with Crippen molar-refractivity contribution in [2.45, 2.75) is 12.8 Å². The van der Waals surface area contributed by atoms with Gasteiger partial charge in [0.1, 0.15) is 18.0 Å². The third kappa shape index (κ3) is 5.68. The third-order valence-corrected chi connectivity index (χ3v) is 5.64. The van der Waals surface area contributed by atoms with Gasteiger partial charge >= 0.3 is 6.18 Å². The van der Waals surface area contributed by atoms with E-state index >= 15 is 0 Å². The van der Waals surface area contributed by atoms with E-state index in [1.165, 1.54) is 0 Å². The summed E-state index contributed by atoms with van der Waals surface area (Å²) in [4.78, 5) is 30.7. The number of halogens is 3. The van der Waals surface area contributed by atoms with Crippen LogP contribution in [0, 0.1) is 10.1 Å². The molecule has 35 heavy (non-hydrogen) atoms. The first-order chi connectivity index (χ1) is 16.7. The molecule has 3 aromatic rings. The molecule has 2 aromatic carbocycles. The Morgan fingerprint density at radius 1 is 1.06 bits per heavy atom. The van der Waals surface area contributed by atoms with Gasteiger partial charge in [0, 0.05) is 55.8 Å². The monoisotopic (exact) mass is 486 g/mol. The van der Waals surface area contributed by atoms with Gasteiger partial charge in [-0.05, 0) is 42.5 Å². The second-order valence-electron chi connectivity index (χ2n) is 7.91.